The maximum atomic E-state index is 12.9. The van der Waals surface area contributed by atoms with Gasteiger partial charge in [-0.2, -0.15) is 9.40 Å². The second kappa shape index (κ2) is 9.15. The molecular formula is C20H28N4O5S. The summed E-state index contributed by atoms with van der Waals surface area (Å²) >= 11 is 0. The molecule has 1 aromatic heterocycles. The molecule has 0 saturated carbocycles. The molecule has 0 radical (unpaired) electrons. The number of carbonyl (C=O) groups is 1. The second-order valence-electron chi connectivity index (χ2n) is 7.20. The molecule has 0 spiro atoms. The van der Waals surface area contributed by atoms with Gasteiger partial charge < -0.3 is 14.8 Å². The first-order valence-corrected chi connectivity index (χ1v) is 11.2. The number of nitrogens with zero attached hydrogens (tertiary/aromatic N) is 3. The van der Waals surface area contributed by atoms with E-state index in [1.54, 1.807) is 10.7 Å². The van der Waals surface area contributed by atoms with E-state index in [2.05, 4.69) is 10.4 Å². The highest BCUT2D eigenvalue weighted by Gasteiger charge is 2.27. The maximum absolute atomic E-state index is 12.9. The summed E-state index contributed by atoms with van der Waals surface area (Å²) in [5, 5.41) is 7.16. The molecule has 0 aliphatic carbocycles. The van der Waals surface area contributed by atoms with Gasteiger partial charge in [-0.1, -0.05) is 0 Å². The van der Waals surface area contributed by atoms with Gasteiger partial charge in [0, 0.05) is 32.3 Å². The van der Waals surface area contributed by atoms with Crippen LogP contribution in [0.3, 0.4) is 0 Å². The quantitative estimate of drug-likeness (QED) is 0.708. The van der Waals surface area contributed by atoms with Crippen molar-refractivity contribution in [1.29, 1.82) is 0 Å². The lowest BCUT2D eigenvalue weighted by atomic mass is 10.1. The Kier molecular flexibility index (Phi) is 6.79. The number of anilines is 1. The Balaban J connectivity index is 1.76. The minimum Gasteiger partial charge on any atom is -0.495 e. The van der Waals surface area contributed by atoms with E-state index in [-0.39, 0.29) is 17.2 Å². The van der Waals surface area contributed by atoms with Crippen molar-refractivity contribution in [3.8, 4) is 5.75 Å². The average Bonchev–Trinajstić information content (AvgIpc) is 2.98. The number of nitrogens with one attached hydrogen (secondary N) is 1. The van der Waals surface area contributed by atoms with Crippen LogP contribution in [0.25, 0.3) is 0 Å². The lowest BCUT2D eigenvalue weighted by Gasteiger charge is -2.26. The number of aromatic nitrogens is 2. The Hall–Kier alpha value is -2.43. The molecule has 0 unspecified atom stereocenters. The van der Waals surface area contributed by atoms with Gasteiger partial charge in [0.05, 0.1) is 36.6 Å². The summed E-state index contributed by atoms with van der Waals surface area (Å²) < 4.78 is 39.6. The molecule has 10 heteroatoms. The molecule has 2 aromatic rings. The Morgan fingerprint density at radius 3 is 2.57 bits per heavy atom. The van der Waals surface area contributed by atoms with E-state index < -0.39 is 10.0 Å². The number of carbonyl (C=O) groups excluding carboxylic acids is 1. The minimum atomic E-state index is -3.67. The molecule has 164 valence electrons. The van der Waals surface area contributed by atoms with E-state index in [1.807, 2.05) is 20.9 Å². The van der Waals surface area contributed by atoms with Crippen LogP contribution >= 0.6 is 0 Å². The number of rotatable bonds is 7. The lowest BCUT2D eigenvalue weighted by Crippen LogP contribution is -2.40. The van der Waals surface area contributed by atoms with E-state index in [9.17, 15) is 13.2 Å². The van der Waals surface area contributed by atoms with Crippen LogP contribution in [-0.2, 0) is 33.0 Å². The highest BCUT2D eigenvalue weighted by molar-refractivity contribution is 7.89. The maximum Gasteiger partial charge on any atom is 0.243 e. The van der Waals surface area contributed by atoms with Gasteiger partial charge in [0.15, 0.2) is 0 Å². The molecule has 1 N–H and O–H groups in total. The van der Waals surface area contributed by atoms with Crippen molar-refractivity contribution >= 4 is 21.6 Å². The summed E-state index contributed by atoms with van der Waals surface area (Å²) in [6, 6.07) is 4.49. The fourth-order valence-corrected chi connectivity index (χ4v) is 4.95. The van der Waals surface area contributed by atoms with Crippen LogP contribution in [-0.4, -0.2) is 61.8 Å². The van der Waals surface area contributed by atoms with Crippen molar-refractivity contribution in [2.75, 3.05) is 38.7 Å². The lowest BCUT2D eigenvalue weighted by molar-refractivity contribution is -0.116. The van der Waals surface area contributed by atoms with Crippen molar-refractivity contribution in [2.45, 2.75) is 31.6 Å². The smallest absolute Gasteiger partial charge is 0.243 e. The number of ether oxygens (including phenoxy) is 2. The highest BCUT2D eigenvalue weighted by Crippen LogP contribution is 2.29. The predicted octanol–water partition coefficient (Wildman–Crippen LogP) is 1.64. The number of sulfonamides is 1. The average molecular weight is 437 g/mol. The molecule has 1 aromatic carbocycles. The zero-order chi connectivity index (χ0) is 21.9. The standard InChI is InChI=1S/C20H28N4O5S/c1-14-17(15(2)23(3)22-14)6-8-20(25)21-18-13-16(5-7-19(18)28-4)30(26,27)24-9-11-29-12-10-24/h5,7,13H,6,8-12H2,1-4H3,(H,21,25). The zero-order valence-electron chi connectivity index (χ0n) is 17.8. The van der Waals surface area contributed by atoms with Crippen LogP contribution in [0.15, 0.2) is 23.1 Å². The van der Waals surface area contributed by atoms with Crippen LogP contribution in [0.5, 0.6) is 5.75 Å². The summed E-state index contributed by atoms with van der Waals surface area (Å²) in [5.74, 6) is 0.176. The van der Waals surface area contributed by atoms with E-state index in [0.717, 1.165) is 17.0 Å². The number of hydrogen-bond donors (Lipinski definition) is 1. The monoisotopic (exact) mass is 436 g/mol. The van der Waals surface area contributed by atoms with Crippen LogP contribution < -0.4 is 10.1 Å². The second-order valence-corrected chi connectivity index (χ2v) is 9.14. The van der Waals surface area contributed by atoms with Crippen molar-refractivity contribution < 1.29 is 22.7 Å². The van der Waals surface area contributed by atoms with Crippen LogP contribution in [0.2, 0.25) is 0 Å². The van der Waals surface area contributed by atoms with E-state index in [1.165, 1.54) is 23.5 Å². The largest absolute Gasteiger partial charge is 0.495 e. The highest BCUT2D eigenvalue weighted by atomic mass is 32.2. The molecule has 1 fully saturated rings. The molecule has 1 saturated heterocycles. The number of methoxy groups -OCH3 is 1. The molecule has 9 nitrogen and oxygen atoms in total. The van der Waals surface area contributed by atoms with E-state index in [0.29, 0.717) is 44.2 Å². The fraction of sp³-hybridized carbons (Fsp3) is 0.500. The van der Waals surface area contributed by atoms with Crippen LogP contribution in [0.4, 0.5) is 5.69 Å². The Morgan fingerprint density at radius 2 is 1.97 bits per heavy atom. The van der Waals surface area contributed by atoms with Gasteiger partial charge in [-0.25, -0.2) is 8.42 Å². The summed E-state index contributed by atoms with van der Waals surface area (Å²) in [5.41, 5.74) is 3.30. The third-order valence-electron chi connectivity index (χ3n) is 5.31. The van der Waals surface area contributed by atoms with Gasteiger partial charge in [0.1, 0.15) is 5.75 Å². The van der Waals surface area contributed by atoms with Crippen molar-refractivity contribution in [1.82, 2.24) is 14.1 Å². The van der Waals surface area contributed by atoms with Crippen LogP contribution in [0, 0.1) is 13.8 Å². The number of amides is 1. The summed E-state index contributed by atoms with van der Waals surface area (Å²) in [4.78, 5) is 12.7. The number of morpholine rings is 1. The van der Waals surface area contributed by atoms with Gasteiger partial charge in [-0.15, -0.1) is 0 Å². The summed E-state index contributed by atoms with van der Waals surface area (Å²) in [6.07, 6.45) is 0.794. The molecule has 1 aliphatic rings. The van der Waals surface area contributed by atoms with Gasteiger partial charge in [0.25, 0.3) is 0 Å². The Morgan fingerprint density at radius 1 is 1.27 bits per heavy atom. The first-order chi connectivity index (χ1) is 14.2. The third-order valence-corrected chi connectivity index (χ3v) is 7.21. The predicted molar refractivity (Wildman–Crippen MR) is 112 cm³/mol. The molecule has 30 heavy (non-hydrogen) atoms. The molecule has 1 aliphatic heterocycles. The Labute approximate surface area is 177 Å². The van der Waals surface area contributed by atoms with Crippen LogP contribution in [0.1, 0.15) is 23.4 Å². The van der Waals surface area contributed by atoms with Gasteiger partial charge >= 0.3 is 0 Å². The van der Waals surface area contributed by atoms with Gasteiger partial charge in [-0.3, -0.25) is 9.48 Å². The first-order valence-electron chi connectivity index (χ1n) is 9.79. The summed E-state index contributed by atoms with van der Waals surface area (Å²) in [6.45, 7) is 5.23. The molecule has 0 atom stereocenters. The molecule has 1 amide bonds. The minimum absolute atomic E-state index is 0.111. The van der Waals surface area contributed by atoms with E-state index in [4.69, 9.17) is 9.47 Å². The molecule has 2 heterocycles. The summed E-state index contributed by atoms with van der Waals surface area (Å²) in [7, 11) is -0.326. The number of benzene rings is 1. The van der Waals surface area contributed by atoms with Crippen molar-refractivity contribution in [2.24, 2.45) is 7.05 Å². The number of aryl methyl sites for hydroxylation is 2. The molecule has 0 bridgehead atoms. The van der Waals surface area contributed by atoms with E-state index >= 15 is 0 Å². The normalized spacial score (nSPS) is 15.2. The van der Waals surface area contributed by atoms with Crippen molar-refractivity contribution in [3.63, 3.8) is 0 Å². The van der Waals surface area contributed by atoms with Gasteiger partial charge in [-0.05, 0) is 44.0 Å². The fourth-order valence-electron chi connectivity index (χ4n) is 3.51. The van der Waals surface area contributed by atoms with Crippen molar-refractivity contribution in [3.05, 3.63) is 35.2 Å². The topological polar surface area (TPSA) is 103 Å². The third kappa shape index (κ3) is 4.66. The zero-order valence-corrected chi connectivity index (χ0v) is 18.6. The first kappa shape index (κ1) is 22.3. The number of hydrogen-bond acceptors (Lipinski definition) is 6. The SMILES string of the molecule is COc1ccc(S(=O)(=O)N2CCOCC2)cc1NC(=O)CCc1c(C)nn(C)c1C. The molecular weight excluding hydrogens is 408 g/mol. The Bertz CT molecular complexity index is 1030. The molecule has 3 rings (SSSR count). The van der Waals surface area contributed by atoms with Gasteiger partial charge in [0.2, 0.25) is 15.9 Å².